The lowest BCUT2D eigenvalue weighted by Gasteiger charge is -2.07. The Balaban J connectivity index is 2.02. The summed E-state index contributed by atoms with van der Waals surface area (Å²) in [6.45, 7) is 2.79. The van der Waals surface area contributed by atoms with Crippen molar-refractivity contribution in [3.63, 3.8) is 0 Å². The first-order chi connectivity index (χ1) is 8.15. The molecular weight excluding hydrogens is 391 g/mol. The fourth-order valence-corrected chi connectivity index (χ4v) is 2.16. The number of nitrogens with one attached hydrogen (secondary N) is 1. The Labute approximate surface area is 123 Å². The molecule has 0 bridgehead atoms. The summed E-state index contributed by atoms with van der Waals surface area (Å²) in [6, 6.07) is 10.3. The lowest BCUT2D eigenvalue weighted by atomic mass is 10.2. The molecule has 2 rings (SSSR count). The summed E-state index contributed by atoms with van der Waals surface area (Å²) in [4.78, 5) is 4.36. The van der Waals surface area contributed by atoms with Gasteiger partial charge in [0.1, 0.15) is 0 Å². The third kappa shape index (κ3) is 3.67. The number of aromatic nitrogens is 1. The zero-order valence-corrected chi connectivity index (χ0v) is 13.1. The van der Waals surface area contributed by atoms with E-state index in [0.717, 1.165) is 22.4 Å². The van der Waals surface area contributed by atoms with Gasteiger partial charge in [0.25, 0.3) is 0 Å². The van der Waals surface area contributed by atoms with Gasteiger partial charge in [-0.1, -0.05) is 6.07 Å². The van der Waals surface area contributed by atoms with E-state index in [1.54, 1.807) is 0 Å². The molecule has 1 aromatic heterocycles. The molecule has 4 heteroatoms. The Kier molecular flexibility index (Phi) is 4.39. The van der Waals surface area contributed by atoms with E-state index in [1.165, 1.54) is 9.13 Å². The Bertz CT molecular complexity index is 511. The lowest BCUT2D eigenvalue weighted by Crippen LogP contribution is -2.01. The SMILES string of the molecule is Cc1ccc(CNc2ccc(Br)c(I)c2)nc1. The fraction of sp³-hybridized carbons (Fsp3) is 0.154. The molecule has 0 saturated heterocycles. The number of aryl methyl sites for hydroxylation is 1. The highest BCUT2D eigenvalue weighted by atomic mass is 127. The first kappa shape index (κ1) is 12.8. The number of pyridine rings is 1. The summed E-state index contributed by atoms with van der Waals surface area (Å²) in [5.74, 6) is 0. The standard InChI is InChI=1S/C13H12BrIN2/c1-9-2-3-11(16-7-9)8-17-10-4-5-12(14)13(15)6-10/h2-7,17H,8H2,1H3. The Morgan fingerprint density at radius 3 is 2.76 bits per heavy atom. The maximum atomic E-state index is 4.36. The monoisotopic (exact) mass is 402 g/mol. The summed E-state index contributed by atoms with van der Waals surface area (Å²) in [5, 5.41) is 3.36. The van der Waals surface area contributed by atoms with E-state index in [-0.39, 0.29) is 0 Å². The Hall–Kier alpha value is -0.620. The van der Waals surface area contributed by atoms with Crippen molar-refractivity contribution in [2.24, 2.45) is 0 Å². The van der Waals surface area contributed by atoms with Crippen LogP contribution < -0.4 is 5.32 Å². The van der Waals surface area contributed by atoms with Crippen molar-refractivity contribution in [3.05, 3.63) is 55.8 Å². The van der Waals surface area contributed by atoms with Crippen LogP contribution in [0.25, 0.3) is 0 Å². The van der Waals surface area contributed by atoms with Crippen LogP contribution in [0.1, 0.15) is 11.3 Å². The van der Waals surface area contributed by atoms with E-state index >= 15 is 0 Å². The van der Waals surface area contributed by atoms with E-state index < -0.39 is 0 Å². The number of hydrogen-bond donors (Lipinski definition) is 1. The molecule has 0 unspecified atom stereocenters. The molecule has 0 atom stereocenters. The van der Waals surface area contributed by atoms with Gasteiger partial charge in [-0.3, -0.25) is 4.98 Å². The van der Waals surface area contributed by atoms with Crippen molar-refractivity contribution < 1.29 is 0 Å². The normalized spacial score (nSPS) is 10.3. The second kappa shape index (κ2) is 5.82. The molecule has 0 radical (unpaired) electrons. The van der Waals surface area contributed by atoms with Gasteiger partial charge in [0.15, 0.2) is 0 Å². The molecule has 0 aliphatic heterocycles. The molecule has 0 spiro atoms. The third-order valence-electron chi connectivity index (χ3n) is 2.37. The van der Waals surface area contributed by atoms with Crippen LogP contribution in [0.15, 0.2) is 41.0 Å². The van der Waals surface area contributed by atoms with Gasteiger partial charge in [0, 0.05) is 19.9 Å². The molecule has 17 heavy (non-hydrogen) atoms. The van der Waals surface area contributed by atoms with Gasteiger partial charge in [-0.05, 0) is 75.3 Å². The van der Waals surface area contributed by atoms with Crippen molar-refractivity contribution in [2.45, 2.75) is 13.5 Å². The van der Waals surface area contributed by atoms with E-state index in [4.69, 9.17) is 0 Å². The van der Waals surface area contributed by atoms with Crippen molar-refractivity contribution in [1.82, 2.24) is 4.98 Å². The minimum absolute atomic E-state index is 0.748. The molecule has 0 fully saturated rings. The highest BCUT2D eigenvalue weighted by molar-refractivity contribution is 14.1. The highest BCUT2D eigenvalue weighted by Gasteiger charge is 1.99. The van der Waals surface area contributed by atoms with Crippen molar-refractivity contribution in [1.29, 1.82) is 0 Å². The van der Waals surface area contributed by atoms with Crippen LogP contribution in [0.2, 0.25) is 0 Å². The van der Waals surface area contributed by atoms with Crippen molar-refractivity contribution in [2.75, 3.05) is 5.32 Å². The van der Waals surface area contributed by atoms with Gasteiger partial charge in [0.05, 0.1) is 12.2 Å². The summed E-state index contributed by atoms with van der Waals surface area (Å²) in [5.41, 5.74) is 3.35. The van der Waals surface area contributed by atoms with Crippen molar-refractivity contribution >= 4 is 44.2 Å². The third-order valence-corrected chi connectivity index (χ3v) is 4.69. The maximum absolute atomic E-state index is 4.36. The number of nitrogens with zero attached hydrogens (tertiary/aromatic N) is 1. The first-order valence-corrected chi connectivity index (χ1v) is 7.13. The van der Waals surface area contributed by atoms with E-state index in [2.05, 4.69) is 67.0 Å². The molecule has 88 valence electrons. The van der Waals surface area contributed by atoms with Crippen LogP contribution in [0, 0.1) is 10.5 Å². The zero-order valence-electron chi connectivity index (χ0n) is 9.37. The Morgan fingerprint density at radius 1 is 1.29 bits per heavy atom. The van der Waals surface area contributed by atoms with Gasteiger partial charge in [-0.25, -0.2) is 0 Å². The fourth-order valence-electron chi connectivity index (χ4n) is 1.40. The molecule has 0 saturated carbocycles. The number of benzene rings is 1. The van der Waals surface area contributed by atoms with Gasteiger partial charge >= 0.3 is 0 Å². The minimum atomic E-state index is 0.748. The summed E-state index contributed by atoms with van der Waals surface area (Å²) in [7, 11) is 0. The summed E-state index contributed by atoms with van der Waals surface area (Å²) < 4.78 is 2.32. The van der Waals surface area contributed by atoms with Gasteiger partial charge < -0.3 is 5.32 Å². The van der Waals surface area contributed by atoms with Crippen LogP contribution in [-0.2, 0) is 6.54 Å². The molecule has 0 aliphatic carbocycles. The van der Waals surface area contributed by atoms with Crippen LogP contribution in [0.5, 0.6) is 0 Å². The molecule has 0 aliphatic rings. The smallest absolute Gasteiger partial charge is 0.0594 e. The highest BCUT2D eigenvalue weighted by Crippen LogP contribution is 2.22. The van der Waals surface area contributed by atoms with Crippen LogP contribution in [0.4, 0.5) is 5.69 Å². The first-order valence-electron chi connectivity index (χ1n) is 5.25. The van der Waals surface area contributed by atoms with Crippen LogP contribution >= 0.6 is 38.5 Å². The Morgan fingerprint density at radius 2 is 2.12 bits per heavy atom. The van der Waals surface area contributed by atoms with Crippen molar-refractivity contribution in [3.8, 4) is 0 Å². The van der Waals surface area contributed by atoms with Crippen LogP contribution in [0.3, 0.4) is 0 Å². The number of rotatable bonds is 3. The molecule has 0 amide bonds. The second-order valence-corrected chi connectivity index (χ2v) is 5.83. The molecule has 1 N–H and O–H groups in total. The molecule has 2 nitrogen and oxygen atoms in total. The summed E-state index contributed by atoms with van der Waals surface area (Å²) in [6.07, 6.45) is 1.89. The summed E-state index contributed by atoms with van der Waals surface area (Å²) >= 11 is 5.79. The number of anilines is 1. The lowest BCUT2D eigenvalue weighted by molar-refractivity contribution is 1.04. The van der Waals surface area contributed by atoms with E-state index in [1.807, 2.05) is 25.3 Å². The number of hydrogen-bond acceptors (Lipinski definition) is 2. The second-order valence-electron chi connectivity index (χ2n) is 3.81. The van der Waals surface area contributed by atoms with E-state index in [0.29, 0.717) is 0 Å². The van der Waals surface area contributed by atoms with Crippen LogP contribution in [-0.4, -0.2) is 4.98 Å². The topological polar surface area (TPSA) is 24.9 Å². The molecule has 1 heterocycles. The predicted octanol–water partition coefficient (Wildman–Crippen LogP) is 4.37. The molecular formula is C13H12BrIN2. The van der Waals surface area contributed by atoms with Gasteiger partial charge in [0.2, 0.25) is 0 Å². The van der Waals surface area contributed by atoms with Gasteiger partial charge in [-0.15, -0.1) is 0 Å². The molecule has 2 aromatic rings. The van der Waals surface area contributed by atoms with E-state index in [9.17, 15) is 0 Å². The average Bonchev–Trinajstić information content (AvgIpc) is 2.33. The predicted molar refractivity (Wildman–Crippen MR) is 83.2 cm³/mol. The largest absolute Gasteiger partial charge is 0.379 e. The quantitative estimate of drug-likeness (QED) is 0.771. The average molecular weight is 403 g/mol. The number of halogens is 2. The van der Waals surface area contributed by atoms with Gasteiger partial charge in [-0.2, -0.15) is 0 Å². The zero-order chi connectivity index (χ0) is 12.3. The molecule has 1 aromatic carbocycles. The maximum Gasteiger partial charge on any atom is 0.0594 e. The minimum Gasteiger partial charge on any atom is -0.379 e.